The fraction of sp³-hybridized carbons (Fsp3) is 0.222. The molecule has 2 atom stereocenters. The summed E-state index contributed by atoms with van der Waals surface area (Å²) in [5, 5.41) is 11.9. The van der Waals surface area contributed by atoms with Crippen LogP contribution in [0.4, 0.5) is 0 Å². The monoisotopic (exact) mass is 522 g/mol. The van der Waals surface area contributed by atoms with E-state index in [1.54, 1.807) is 54.6 Å². The van der Waals surface area contributed by atoms with Crippen molar-refractivity contribution < 1.29 is 33.1 Å². The number of fused-ring (bicyclic) bond motifs is 1. The summed E-state index contributed by atoms with van der Waals surface area (Å²) in [5.74, 6) is -1.89. The molecule has 0 bridgehead atoms. The number of imide groups is 1. The van der Waals surface area contributed by atoms with Crippen LogP contribution in [0, 0.1) is 0 Å². The van der Waals surface area contributed by atoms with Crippen molar-refractivity contribution in [2.24, 2.45) is 0 Å². The molecule has 0 saturated carbocycles. The van der Waals surface area contributed by atoms with E-state index < -0.39 is 43.2 Å². The quantitative estimate of drug-likeness (QED) is 0.309. The van der Waals surface area contributed by atoms with E-state index in [0.29, 0.717) is 0 Å². The molecule has 0 aromatic heterocycles. The van der Waals surface area contributed by atoms with E-state index in [1.165, 1.54) is 24.3 Å². The molecule has 0 saturated heterocycles. The molecule has 192 valence electrons. The fourth-order valence-corrected chi connectivity index (χ4v) is 5.89. The number of nitrogens with zero attached hydrogens (tertiary/aromatic N) is 1. The molecule has 2 N–H and O–H groups in total. The van der Waals surface area contributed by atoms with Gasteiger partial charge in [-0.2, -0.15) is 0 Å². The molecule has 1 aliphatic heterocycles. The highest BCUT2D eigenvalue weighted by molar-refractivity contribution is 7.54. The molecule has 9 nitrogen and oxygen atoms in total. The van der Waals surface area contributed by atoms with Gasteiger partial charge in [0.05, 0.1) is 17.7 Å². The number of amides is 3. The second-order valence-electron chi connectivity index (χ2n) is 8.49. The number of rotatable bonds is 10. The average molecular weight is 522 g/mol. The first-order chi connectivity index (χ1) is 17.8. The lowest BCUT2D eigenvalue weighted by molar-refractivity contribution is -0.125. The highest BCUT2D eigenvalue weighted by Crippen LogP contribution is 2.62. The Bertz CT molecular complexity index is 1310. The molecule has 0 radical (unpaired) electrons. The van der Waals surface area contributed by atoms with E-state index in [4.69, 9.17) is 9.05 Å². The second kappa shape index (κ2) is 10.8. The van der Waals surface area contributed by atoms with Crippen LogP contribution in [0.1, 0.15) is 31.8 Å². The van der Waals surface area contributed by atoms with Gasteiger partial charge in [-0.05, 0) is 23.3 Å². The van der Waals surface area contributed by atoms with Gasteiger partial charge in [-0.25, -0.2) is 0 Å². The Hall–Kier alpha value is -3.62. The Labute approximate surface area is 214 Å². The molecule has 4 rings (SSSR count). The summed E-state index contributed by atoms with van der Waals surface area (Å²) in [4.78, 5) is 41.0. The van der Waals surface area contributed by atoms with Crippen molar-refractivity contribution in [1.82, 2.24) is 10.2 Å². The van der Waals surface area contributed by atoms with Crippen LogP contribution in [0.5, 0.6) is 0 Å². The molecule has 1 unspecified atom stereocenters. The van der Waals surface area contributed by atoms with Gasteiger partial charge in [-0.3, -0.25) is 23.8 Å². The summed E-state index contributed by atoms with van der Waals surface area (Å²) < 4.78 is 23.6. The van der Waals surface area contributed by atoms with Gasteiger partial charge in [-0.1, -0.05) is 72.8 Å². The van der Waals surface area contributed by atoms with Crippen molar-refractivity contribution in [2.45, 2.75) is 17.8 Å². The second-order valence-corrected chi connectivity index (χ2v) is 11.0. The molecule has 1 heterocycles. The Morgan fingerprint density at radius 1 is 0.892 bits per heavy atom. The standard InChI is InChI=1S/C27H27N2O7P/c1-35-37(34,36-2)27(33,20-13-7-4-8-14-20)18-28-24(30)23(17-19-11-5-3-6-12-19)29-25(31)21-15-9-10-16-22(21)26(29)32/h3-16,23,33H,17-18H2,1-2H3,(H,28,30)/t23-,27?/m0/s1. The van der Waals surface area contributed by atoms with Crippen LogP contribution in [0.15, 0.2) is 84.9 Å². The number of nitrogens with one attached hydrogen (secondary N) is 1. The van der Waals surface area contributed by atoms with Crippen LogP contribution >= 0.6 is 7.60 Å². The third kappa shape index (κ3) is 4.86. The van der Waals surface area contributed by atoms with Crippen LogP contribution in [0.3, 0.4) is 0 Å². The number of benzene rings is 3. The van der Waals surface area contributed by atoms with Gasteiger partial charge in [0.2, 0.25) is 11.2 Å². The number of carbonyl (C=O) groups is 3. The maximum absolute atomic E-state index is 13.6. The predicted molar refractivity (Wildman–Crippen MR) is 136 cm³/mol. The minimum atomic E-state index is -4.18. The van der Waals surface area contributed by atoms with E-state index in [0.717, 1.165) is 24.7 Å². The van der Waals surface area contributed by atoms with E-state index in [9.17, 15) is 24.1 Å². The molecule has 37 heavy (non-hydrogen) atoms. The van der Waals surface area contributed by atoms with Crippen LogP contribution in [-0.2, 0) is 30.2 Å². The number of hydrogen-bond acceptors (Lipinski definition) is 7. The molecule has 3 amide bonds. The molecule has 0 aliphatic carbocycles. The zero-order chi connectivity index (χ0) is 26.6. The van der Waals surface area contributed by atoms with Crippen LogP contribution in [0.25, 0.3) is 0 Å². The first kappa shape index (κ1) is 26.4. The van der Waals surface area contributed by atoms with E-state index in [1.807, 2.05) is 6.07 Å². The van der Waals surface area contributed by atoms with Gasteiger partial charge in [0.25, 0.3) is 11.8 Å². The number of hydrogen-bond donors (Lipinski definition) is 2. The first-order valence-electron chi connectivity index (χ1n) is 11.5. The SMILES string of the molecule is COP(=O)(OC)C(O)(CNC(=O)[C@H](Cc1ccccc1)N1C(=O)c2ccccc2C1=O)c1ccccc1. The van der Waals surface area contributed by atoms with E-state index in [2.05, 4.69) is 5.32 Å². The number of carbonyl (C=O) groups excluding carboxylic acids is 3. The van der Waals surface area contributed by atoms with Crippen molar-refractivity contribution in [3.63, 3.8) is 0 Å². The molecular weight excluding hydrogens is 495 g/mol. The Morgan fingerprint density at radius 2 is 1.38 bits per heavy atom. The normalized spacial score (nSPS) is 15.7. The highest BCUT2D eigenvalue weighted by atomic mass is 31.2. The van der Waals surface area contributed by atoms with Gasteiger partial charge in [0.1, 0.15) is 6.04 Å². The minimum absolute atomic E-state index is 0.0358. The summed E-state index contributed by atoms with van der Waals surface area (Å²) in [6.07, 6.45) is 0.0358. The van der Waals surface area contributed by atoms with E-state index in [-0.39, 0.29) is 23.1 Å². The Kier molecular flexibility index (Phi) is 7.71. The minimum Gasteiger partial charge on any atom is -0.372 e. The molecule has 10 heteroatoms. The Balaban J connectivity index is 1.68. The lowest BCUT2D eigenvalue weighted by atomic mass is 10.0. The van der Waals surface area contributed by atoms with Crippen LogP contribution < -0.4 is 5.32 Å². The number of aliphatic hydroxyl groups is 1. The van der Waals surface area contributed by atoms with Gasteiger partial charge in [0.15, 0.2) is 0 Å². The maximum Gasteiger partial charge on any atom is 0.367 e. The van der Waals surface area contributed by atoms with Crippen molar-refractivity contribution >= 4 is 25.3 Å². The van der Waals surface area contributed by atoms with Crippen molar-refractivity contribution in [3.8, 4) is 0 Å². The zero-order valence-corrected chi connectivity index (χ0v) is 21.3. The third-order valence-corrected chi connectivity index (χ3v) is 8.67. The lowest BCUT2D eigenvalue weighted by Crippen LogP contribution is -2.53. The molecule has 0 spiro atoms. The third-order valence-electron chi connectivity index (χ3n) is 6.39. The molecule has 3 aromatic carbocycles. The van der Waals surface area contributed by atoms with Gasteiger partial charge >= 0.3 is 7.60 Å². The van der Waals surface area contributed by atoms with Crippen LogP contribution in [-0.4, -0.2) is 54.5 Å². The van der Waals surface area contributed by atoms with E-state index >= 15 is 0 Å². The maximum atomic E-state index is 13.6. The topological polar surface area (TPSA) is 122 Å². The zero-order valence-electron chi connectivity index (χ0n) is 20.4. The van der Waals surface area contributed by atoms with Gasteiger partial charge in [0, 0.05) is 20.6 Å². The molecular formula is C27H27N2O7P. The van der Waals surface area contributed by atoms with Gasteiger partial charge in [-0.15, -0.1) is 0 Å². The molecule has 0 fully saturated rings. The summed E-state index contributed by atoms with van der Waals surface area (Å²) in [6, 6.07) is 22.1. The largest absolute Gasteiger partial charge is 0.372 e. The summed E-state index contributed by atoms with van der Waals surface area (Å²) in [6.45, 7) is -0.566. The summed E-state index contributed by atoms with van der Waals surface area (Å²) in [5.41, 5.74) is 1.34. The smallest absolute Gasteiger partial charge is 0.367 e. The lowest BCUT2D eigenvalue weighted by Gasteiger charge is -2.34. The van der Waals surface area contributed by atoms with Crippen molar-refractivity contribution in [2.75, 3.05) is 20.8 Å². The first-order valence-corrected chi connectivity index (χ1v) is 13.1. The van der Waals surface area contributed by atoms with Crippen LogP contribution in [0.2, 0.25) is 0 Å². The average Bonchev–Trinajstić information content (AvgIpc) is 3.20. The predicted octanol–water partition coefficient (Wildman–Crippen LogP) is 3.34. The van der Waals surface area contributed by atoms with Gasteiger partial charge < -0.3 is 19.5 Å². The highest BCUT2D eigenvalue weighted by Gasteiger charge is 2.51. The Morgan fingerprint density at radius 3 is 1.89 bits per heavy atom. The van der Waals surface area contributed by atoms with Crippen molar-refractivity contribution in [1.29, 1.82) is 0 Å². The summed E-state index contributed by atoms with van der Waals surface area (Å²) >= 11 is 0. The van der Waals surface area contributed by atoms with Crippen molar-refractivity contribution in [3.05, 3.63) is 107 Å². The summed E-state index contributed by atoms with van der Waals surface area (Å²) in [7, 11) is -1.91. The molecule has 3 aromatic rings. The molecule has 1 aliphatic rings. The fourth-order valence-electron chi connectivity index (χ4n) is 4.40.